The second-order valence-electron chi connectivity index (χ2n) is 7.46. The van der Waals surface area contributed by atoms with E-state index in [2.05, 4.69) is 37.1 Å². The number of likely N-dealkylation sites (N-methyl/N-ethyl adjacent to an activating group) is 1. The molecular weight excluding hydrogens is 361 g/mol. The van der Waals surface area contributed by atoms with Crippen LogP contribution in [0.5, 0.6) is 0 Å². The summed E-state index contributed by atoms with van der Waals surface area (Å²) in [4.78, 5) is 29.8. The molecular formula is C19H20FN7O. The molecule has 0 spiro atoms. The number of hydrogen-bond acceptors (Lipinski definition) is 6. The van der Waals surface area contributed by atoms with Gasteiger partial charge in [-0.3, -0.25) is 9.69 Å². The van der Waals surface area contributed by atoms with E-state index in [-0.39, 0.29) is 11.3 Å². The van der Waals surface area contributed by atoms with Gasteiger partial charge in [0.25, 0.3) is 5.91 Å². The number of aromatic nitrogens is 4. The number of fused-ring (bicyclic) bond motifs is 2. The third-order valence-corrected chi connectivity index (χ3v) is 5.62. The average Bonchev–Trinajstić information content (AvgIpc) is 3.15. The number of pyridine rings is 1. The molecule has 0 bridgehead atoms. The maximum atomic E-state index is 14.2. The SMILES string of the molecule is Cc1cn2cc(NC(=O)c3cnc(N4C[C@H]5[C@@H]4CCN5C)cn3)cc(F)c2n1. The first-order valence-electron chi connectivity index (χ1n) is 9.25. The molecule has 8 nitrogen and oxygen atoms in total. The number of nitrogens with zero attached hydrogens (tertiary/aromatic N) is 6. The van der Waals surface area contributed by atoms with Gasteiger partial charge >= 0.3 is 0 Å². The predicted molar refractivity (Wildman–Crippen MR) is 102 cm³/mol. The van der Waals surface area contributed by atoms with Crippen molar-refractivity contribution in [2.24, 2.45) is 0 Å². The van der Waals surface area contributed by atoms with Crippen LogP contribution in [-0.2, 0) is 0 Å². The largest absolute Gasteiger partial charge is 0.349 e. The van der Waals surface area contributed by atoms with Gasteiger partial charge in [-0.1, -0.05) is 0 Å². The monoisotopic (exact) mass is 381 g/mol. The molecule has 5 heterocycles. The van der Waals surface area contributed by atoms with Crippen LogP contribution < -0.4 is 10.2 Å². The first kappa shape index (κ1) is 17.1. The van der Waals surface area contributed by atoms with Crippen molar-refractivity contribution in [2.45, 2.75) is 25.4 Å². The highest BCUT2D eigenvalue weighted by atomic mass is 19.1. The quantitative estimate of drug-likeness (QED) is 0.744. The molecule has 0 saturated carbocycles. The standard InChI is InChI=1S/C19H20FN7O/c1-11-8-26-9-12(5-13(20)18(26)23-11)24-19(28)14-6-22-17(7-21-14)27-10-16-15(27)3-4-25(16)2/h5-9,15-16H,3-4,10H2,1-2H3,(H,24,28)/t15-,16-/m0/s1. The Morgan fingerprint density at radius 1 is 1.25 bits per heavy atom. The molecule has 2 aliphatic heterocycles. The summed E-state index contributed by atoms with van der Waals surface area (Å²) >= 11 is 0. The molecule has 9 heteroatoms. The molecule has 5 rings (SSSR count). The number of imidazole rings is 1. The van der Waals surface area contributed by atoms with Crippen molar-refractivity contribution in [3.05, 3.63) is 48.1 Å². The molecule has 1 N–H and O–H groups in total. The Kier molecular flexibility index (Phi) is 3.80. The van der Waals surface area contributed by atoms with E-state index in [1.54, 1.807) is 29.9 Å². The molecule has 3 aromatic heterocycles. The fraction of sp³-hybridized carbons (Fsp3) is 0.368. The lowest BCUT2D eigenvalue weighted by atomic mass is 9.97. The van der Waals surface area contributed by atoms with Crippen molar-refractivity contribution in [1.29, 1.82) is 0 Å². The van der Waals surface area contributed by atoms with E-state index in [4.69, 9.17) is 0 Å². The van der Waals surface area contributed by atoms with Gasteiger partial charge in [0, 0.05) is 43.6 Å². The van der Waals surface area contributed by atoms with Crippen LogP contribution in [0, 0.1) is 12.7 Å². The second kappa shape index (κ2) is 6.23. The zero-order valence-corrected chi connectivity index (χ0v) is 15.6. The van der Waals surface area contributed by atoms with Crippen LogP contribution in [0.3, 0.4) is 0 Å². The van der Waals surface area contributed by atoms with Gasteiger partial charge in [-0.25, -0.2) is 19.3 Å². The minimum absolute atomic E-state index is 0.187. The van der Waals surface area contributed by atoms with Gasteiger partial charge in [0.1, 0.15) is 11.5 Å². The Morgan fingerprint density at radius 3 is 2.86 bits per heavy atom. The van der Waals surface area contributed by atoms with Crippen molar-refractivity contribution >= 4 is 23.1 Å². The summed E-state index contributed by atoms with van der Waals surface area (Å²) in [5.41, 5.74) is 1.44. The zero-order chi connectivity index (χ0) is 19.4. The topological polar surface area (TPSA) is 78.7 Å². The van der Waals surface area contributed by atoms with Crippen molar-refractivity contribution in [3.8, 4) is 0 Å². The van der Waals surface area contributed by atoms with E-state index in [1.807, 2.05) is 0 Å². The molecule has 3 aromatic rings. The molecule has 28 heavy (non-hydrogen) atoms. The summed E-state index contributed by atoms with van der Waals surface area (Å²) in [5.74, 6) is -0.146. The maximum absolute atomic E-state index is 14.2. The second-order valence-corrected chi connectivity index (χ2v) is 7.46. The van der Waals surface area contributed by atoms with Gasteiger partial charge in [0.05, 0.1) is 23.8 Å². The number of carbonyl (C=O) groups is 1. The highest BCUT2D eigenvalue weighted by molar-refractivity contribution is 6.02. The van der Waals surface area contributed by atoms with Crippen LogP contribution in [0.4, 0.5) is 15.9 Å². The number of aryl methyl sites for hydroxylation is 1. The number of halogens is 1. The van der Waals surface area contributed by atoms with E-state index >= 15 is 0 Å². The first-order chi connectivity index (χ1) is 13.5. The lowest BCUT2D eigenvalue weighted by molar-refractivity contribution is 0.102. The van der Waals surface area contributed by atoms with Crippen molar-refractivity contribution < 1.29 is 9.18 Å². The number of rotatable bonds is 3. The molecule has 2 saturated heterocycles. The first-order valence-corrected chi connectivity index (χ1v) is 9.25. The van der Waals surface area contributed by atoms with Crippen LogP contribution in [-0.4, -0.2) is 62.4 Å². The lowest BCUT2D eigenvalue weighted by Gasteiger charge is -2.46. The van der Waals surface area contributed by atoms with Gasteiger partial charge in [-0.2, -0.15) is 0 Å². The zero-order valence-electron chi connectivity index (χ0n) is 15.6. The number of likely N-dealkylation sites (tertiary alicyclic amines) is 1. The maximum Gasteiger partial charge on any atom is 0.275 e. The molecule has 0 aliphatic carbocycles. The van der Waals surface area contributed by atoms with Crippen LogP contribution in [0.25, 0.3) is 5.65 Å². The Labute approximate surface area is 161 Å². The molecule has 2 aliphatic rings. The Hall–Kier alpha value is -3.07. The molecule has 144 valence electrons. The van der Waals surface area contributed by atoms with Gasteiger partial charge in [0.15, 0.2) is 11.5 Å². The fourth-order valence-electron chi connectivity index (χ4n) is 4.10. The fourth-order valence-corrected chi connectivity index (χ4v) is 4.10. The summed E-state index contributed by atoms with van der Waals surface area (Å²) in [5, 5.41) is 2.67. The Bertz CT molecular complexity index is 1060. The number of carbonyl (C=O) groups excluding carboxylic acids is 1. The number of hydrogen-bond donors (Lipinski definition) is 1. The van der Waals surface area contributed by atoms with Crippen molar-refractivity contribution in [3.63, 3.8) is 0 Å². The van der Waals surface area contributed by atoms with E-state index in [9.17, 15) is 9.18 Å². The number of nitrogens with one attached hydrogen (secondary N) is 1. The number of amides is 1. The van der Waals surface area contributed by atoms with E-state index in [0.29, 0.717) is 23.5 Å². The molecule has 1 amide bonds. The summed E-state index contributed by atoms with van der Waals surface area (Å²) < 4.78 is 15.7. The van der Waals surface area contributed by atoms with Gasteiger partial charge < -0.3 is 14.6 Å². The van der Waals surface area contributed by atoms with Gasteiger partial charge in [-0.15, -0.1) is 0 Å². The van der Waals surface area contributed by atoms with E-state index in [0.717, 1.165) is 25.3 Å². The van der Waals surface area contributed by atoms with Crippen molar-refractivity contribution in [1.82, 2.24) is 24.3 Å². The van der Waals surface area contributed by atoms with Gasteiger partial charge in [-0.05, 0) is 20.4 Å². The van der Waals surface area contributed by atoms with Gasteiger partial charge in [0.2, 0.25) is 0 Å². The lowest BCUT2D eigenvalue weighted by Crippen LogP contribution is -2.61. The average molecular weight is 381 g/mol. The highest BCUT2D eigenvalue weighted by Crippen LogP contribution is 2.34. The van der Waals surface area contributed by atoms with Crippen LogP contribution in [0.15, 0.2) is 30.9 Å². The van der Waals surface area contributed by atoms with Crippen LogP contribution >= 0.6 is 0 Å². The Balaban J connectivity index is 1.31. The minimum atomic E-state index is -0.499. The molecule has 2 atom stereocenters. The van der Waals surface area contributed by atoms with Crippen LogP contribution in [0.2, 0.25) is 0 Å². The minimum Gasteiger partial charge on any atom is -0.349 e. The normalized spacial score (nSPS) is 21.6. The van der Waals surface area contributed by atoms with Crippen molar-refractivity contribution in [2.75, 3.05) is 30.4 Å². The van der Waals surface area contributed by atoms with E-state index in [1.165, 1.54) is 12.3 Å². The molecule has 2 fully saturated rings. The highest BCUT2D eigenvalue weighted by Gasteiger charge is 2.45. The summed E-state index contributed by atoms with van der Waals surface area (Å²) in [6.07, 6.45) is 7.53. The third kappa shape index (κ3) is 2.70. The van der Waals surface area contributed by atoms with E-state index < -0.39 is 11.7 Å². The summed E-state index contributed by atoms with van der Waals surface area (Å²) in [7, 11) is 2.15. The Morgan fingerprint density at radius 2 is 2.11 bits per heavy atom. The summed E-state index contributed by atoms with van der Waals surface area (Å²) in [6, 6.07) is 2.31. The van der Waals surface area contributed by atoms with Crippen LogP contribution in [0.1, 0.15) is 22.6 Å². The molecule has 0 unspecified atom stereocenters. The smallest absolute Gasteiger partial charge is 0.275 e. The molecule has 0 radical (unpaired) electrons. The summed E-state index contributed by atoms with van der Waals surface area (Å²) in [6.45, 7) is 3.81. The third-order valence-electron chi connectivity index (χ3n) is 5.62. The molecule has 0 aromatic carbocycles. The predicted octanol–water partition coefficient (Wildman–Crippen LogP) is 1.72. The number of anilines is 2.